The van der Waals surface area contributed by atoms with Crippen molar-refractivity contribution in [3.05, 3.63) is 73.8 Å². The molecule has 0 heterocycles. The number of hydrogen-bond donors (Lipinski definition) is 1. The zero-order chi connectivity index (χ0) is 15.4. The summed E-state index contributed by atoms with van der Waals surface area (Å²) >= 11 is 0. The third-order valence-corrected chi connectivity index (χ3v) is 2.80. The van der Waals surface area contributed by atoms with Crippen molar-refractivity contribution < 1.29 is 15.0 Å². The van der Waals surface area contributed by atoms with Crippen molar-refractivity contribution in [1.29, 1.82) is 0 Å². The summed E-state index contributed by atoms with van der Waals surface area (Å²) in [6, 6.07) is 9.90. The highest BCUT2D eigenvalue weighted by Crippen LogP contribution is 2.27. The molecule has 0 aliphatic rings. The van der Waals surface area contributed by atoms with E-state index >= 15 is 0 Å². The van der Waals surface area contributed by atoms with Crippen LogP contribution >= 0.6 is 0 Å². The minimum atomic E-state index is -0.691. The van der Waals surface area contributed by atoms with E-state index in [-0.39, 0.29) is 22.7 Å². The fourth-order valence-electron chi connectivity index (χ4n) is 1.75. The van der Waals surface area contributed by atoms with E-state index in [4.69, 9.17) is 0 Å². The molecule has 106 valence electrons. The quantitative estimate of drug-likeness (QED) is 0.526. The average Bonchev–Trinajstić information content (AvgIpc) is 2.46. The summed E-state index contributed by atoms with van der Waals surface area (Å²) in [6.45, 7) is 0. The van der Waals surface area contributed by atoms with Crippen LogP contribution in [-0.4, -0.2) is 15.0 Å². The Morgan fingerprint density at radius 2 is 1.57 bits per heavy atom. The van der Waals surface area contributed by atoms with E-state index in [1.807, 2.05) is 0 Å². The topological polar surface area (TPSA) is 107 Å². The second kappa shape index (κ2) is 5.83. The Hall–Kier alpha value is -3.22. The summed E-state index contributed by atoms with van der Waals surface area (Å²) in [4.78, 5) is 20.2. The van der Waals surface area contributed by atoms with Gasteiger partial charge >= 0.3 is 0 Å². The molecule has 0 spiro atoms. The average molecular weight is 286 g/mol. The predicted molar refractivity (Wildman–Crippen MR) is 76.8 cm³/mol. The van der Waals surface area contributed by atoms with E-state index in [2.05, 4.69) is 0 Å². The number of rotatable bonds is 4. The number of nitrogens with zero attached hydrogens (tertiary/aromatic N) is 2. The molecule has 2 aromatic carbocycles. The maximum atomic E-state index is 11.0. The smallest absolute Gasteiger partial charge is 0.283 e. The van der Waals surface area contributed by atoms with E-state index in [9.17, 15) is 25.3 Å². The standard InChI is InChI=1S/C14H10N2O5/c17-14-4-2-1-3-11(14)6-5-10-7-8-12(15(18)19)9-13(10)16(20)21/h1-9,17H/b6-5+. The lowest BCUT2D eigenvalue weighted by Gasteiger charge is -1.99. The Morgan fingerprint density at radius 3 is 2.19 bits per heavy atom. The second-order valence-corrected chi connectivity index (χ2v) is 4.15. The molecule has 7 heteroatoms. The fourth-order valence-corrected chi connectivity index (χ4v) is 1.75. The van der Waals surface area contributed by atoms with Crippen molar-refractivity contribution in [1.82, 2.24) is 0 Å². The van der Waals surface area contributed by atoms with Gasteiger partial charge in [-0.2, -0.15) is 0 Å². The lowest BCUT2D eigenvalue weighted by molar-refractivity contribution is -0.394. The minimum absolute atomic E-state index is 0.0401. The SMILES string of the molecule is O=[N+]([O-])c1ccc(/C=C/c2ccccc2O)c([N+](=O)[O-])c1. The van der Waals surface area contributed by atoms with Crippen LogP contribution in [0, 0.1) is 20.2 Å². The number of phenols is 1. The summed E-state index contributed by atoms with van der Waals surface area (Å²) in [5.41, 5.74) is -0.00344. The van der Waals surface area contributed by atoms with Crippen LogP contribution in [-0.2, 0) is 0 Å². The van der Waals surface area contributed by atoms with Gasteiger partial charge in [0.2, 0.25) is 0 Å². The molecule has 0 atom stereocenters. The third kappa shape index (κ3) is 3.21. The maximum Gasteiger partial charge on any atom is 0.283 e. The Bertz CT molecular complexity index is 740. The molecule has 2 rings (SSSR count). The normalized spacial score (nSPS) is 10.7. The molecule has 0 fully saturated rings. The largest absolute Gasteiger partial charge is 0.507 e. The van der Waals surface area contributed by atoms with Crippen molar-refractivity contribution in [2.75, 3.05) is 0 Å². The van der Waals surface area contributed by atoms with Crippen molar-refractivity contribution >= 4 is 23.5 Å². The number of nitro groups is 2. The highest BCUT2D eigenvalue weighted by Gasteiger charge is 2.17. The number of phenolic OH excluding ortho intramolecular Hbond substituents is 1. The molecule has 0 aliphatic carbocycles. The van der Waals surface area contributed by atoms with Gasteiger partial charge in [-0.05, 0) is 18.2 Å². The molecule has 0 bridgehead atoms. The lowest BCUT2D eigenvalue weighted by atomic mass is 10.1. The van der Waals surface area contributed by atoms with Crippen molar-refractivity contribution in [2.24, 2.45) is 0 Å². The highest BCUT2D eigenvalue weighted by molar-refractivity contribution is 5.76. The van der Waals surface area contributed by atoms with E-state index in [1.54, 1.807) is 18.2 Å². The number of aromatic hydroxyl groups is 1. The molecule has 0 aliphatic heterocycles. The van der Waals surface area contributed by atoms with Gasteiger partial charge < -0.3 is 5.11 Å². The van der Waals surface area contributed by atoms with Gasteiger partial charge in [0.1, 0.15) is 5.75 Å². The summed E-state index contributed by atoms with van der Waals surface area (Å²) in [5.74, 6) is 0.0401. The first-order valence-electron chi connectivity index (χ1n) is 5.88. The molecule has 0 amide bonds. The van der Waals surface area contributed by atoms with Crippen LogP contribution in [0.3, 0.4) is 0 Å². The molecule has 7 nitrogen and oxygen atoms in total. The monoisotopic (exact) mass is 286 g/mol. The van der Waals surface area contributed by atoms with E-state index in [1.165, 1.54) is 30.4 Å². The van der Waals surface area contributed by atoms with Gasteiger partial charge in [0.25, 0.3) is 11.4 Å². The number of benzene rings is 2. The van der Waals surface area contributed by atoms with Gasteiger partial charge in [0.15, 0.2) is 0 Å². The Labute approximate surface area is 119 Å². The molecule has 0 radical (unpaired) electrons. The first-order chi connectivity index (χ1) is 9.99. The molecule has 0 aromatic heterocycles. The van der Waals surface area contributed by atoms with E-state index in [0.29, 0.717) is 5.56 Å². The van der Waals surface area contributed by atoms with E-state index in [0.717, 1.165) is 6.07 Å². The summed E-state index contributed by atoms with van der Waals surface area (Å²) in [6.07, 6.45) is 2.93. The van der Waals surface area contributed by atoms with Crippen LogP contribution in [0.5, 0.6) is 5.75 Å². The van der Waals surface area contributed by atoms with Crippen LogP contribution in [0.2, 0.25) is 0 Å². The maximum absolute atomic E-state index is 11.0. The summed E-state index contributed by atoms with van der Waals surface area (Å²) in [5, 5.41) is 31.2. The van der Waals surface area contributed by atoms with Gasteiger partial charge in [-0.1, -0.05) is 24.3 Å². The zero-order valence-corrected chi connectivity index (χ0v) is 10.7. The molecule has 0 saturated heterocycles. The van der Waals surface area contributed by atoms with Gasteiger partial charge in [0, 0.05) is 11.6 Å². The number of para-hydroxylation sites is 1. The number of nitro benzene ring substituents is 2. The van der Waals surface area contributed by atoms with Crippen LogP contribution in [0.15, 0.2) is 42.5 Å². The highest BCUT2D eigenvalue weighted by atomic mass is 16.6. The third-order valence-electron chi connectivity index (χ3n) is 2.80. The first-order valence-corrected chi connectivity index (χ1v) is 5.88. The first kappa shape index (κ1) is 14.2. The molecule has 0 saturated carbocycles. The number of non-ortho nitro benzene ring substituents is 1. The molecular weight excluding hydrogens is 276 g/mol. The Morgan fingerprint density at radius 1 is 0.905 bits per heavy atom. The Kier molecular flexibility index (Phi) is 3.94. The van der Waals surface area contributed by atoms with Crippen molar-refractivity contribution in [3.8, 4) is 5.75 Å². The zero-order valence-electron chi connectivity index (χ0n) is 10.7. The van der Waals surface area contributed by atoms with Gasteiger partial charge in [-0.15, -0.1) is 0 Å². The summed E-state index contributed by atoms with van der Waals surface area (Å²) in [7, 11) is 0. The van der Waals surface area contributed by atoms with Gasteiger partial charge in [-0.25, -0.2) is 0 Å². The van der Waals surface area contributed by atoms with Gasteiger partial charge in [0.05, 0.1) is 21.5 Å². The minimum Gasteiger partial charge on any atom is -0.507 e. The lowest BCUT2D eigenvalue weighted by Crippen LogP contribution is -1.94. The van der Waals surface area contributed by atoms with Crippen molar-refractivity contribution in [2.45, 2.75) is 0 Å². The van der Waals surface area contributed by atoms with E-state index < -0.39 is 9.85 Å². The fraction of sp³-hybridized carbons (Fsp3) is 0. The van der Waals surface area contributed by atoms with Gasteiger partial charge in [-0.3, -0.25) is 20.2 Å². The molecule has 1 N–H and O–H groups in total. The Balaban J connectivity index is 2.42. The van der Waals surface area contributed by atoms with Crippen LogP contribution < -0.4 is 0 Å². The second-order valence-electron chi connectivity index (χ2n) is 4.15. The van der Waals surface area contributed by atoms with Crippen LogP contribution in [0.1, 0.15) is 11.1 Å². The molecule has 2 aromatic rings. The van der Waals surface area contributed by atoms with Crippen molar-refractivity contribution in [3.63, 3.8) is 0 Å². The predicted octanol–water partition coefficient (Wildman–Crippen LogP) is 3.38. The number of hydrogen-bond acceptors (Lipinski definition) is 5. The van der Waals surface area contributed by atoms with Crippen LogP contribution in [0.4, 0.5) is 11.4 Å². The molecule has 21 heavy (non-hydrogen) atoms. The molecule has 0 unspecified atom stereocenters. The van der Waals surface area contributed by atoms with Crippen LogP contribution in [0.25, 0.3) is 12.2 Å². The molecular formula is C14H10N2O5. The summed E-state index contributed by atoms with van der Waals surface area (Å²) < 4.78 is 0.